The Bertz CT molecular complexity index is 284. The number of rotatable bonds is 4. The van der Waals surface area contributed by atoms with Gasteiger partial charge >= 0.3 is 0 Å². The van der Waals surface area contributed by atoms with Gasteiger partial charge in [-0.25, -0.2) is 0 Å². The Hall–Kier alpha value is -0.190. The summed E-state index contributed by atoms with van der Waals surface area (Å²) in [5.41, 5.74) is 1.98. The monoisotopic (exact) mass is 244 g/mol. The van der Waals surface area contributed by atoms with Gasteiger partial charge in [0.1, 0.15) is 6.29 Å². The topological polar surface area (TPSA) is 37.3 Å². The SMILES string of the molecule is C=C1CCCC(O)/C1=C(\SC)SCC=O. The third-order valence-electron chi connectivity index (χ3n) is 2.36. The first-order valence-electron chi connectivity index (χ1n) is 4.91. The van der Waals surface area contributed by atoms with Crippen LogP contribution >= 0.6 is 23.5 Å². The second kappa shape index (κ2) is 6.40. The largest absolute Gasteiger partial charge is 0.388 e. The maximum Gasteiger partial charge on any atom is 0.130 e. The van der Waals surface area contributed by atoms with Crippen molar-refractivity contribution in [3.8, 4) is 0 Å². The van der Waals surface area contributed by atoms with Crippen molar-refractivity contribution >= 4 is 29.8 Å². The van der Waals surface area contributed by atoms with Gasteiger partial charge in [0, 0.05) is 9.81 Å². The summed E-state index contributed by atoms with van der Waals surface area (Å²) in [5, 5.41) is 9.91. The van der Waals surface area contributed by atoms with Gasteiger partial charge in [-0.2, -0.15) is 0 Å². The van der Waals surface area contributed by atoms with Gasteiger partial charge in [-0.3, -0.25) is 0 Å². The van der Waals surface area contributed by atoms with E-state index in [2.05, 4.69) is 6.58 Å². The van der Waals surface area contributed by atoms with Crippen LogP contribution in [0.4, 0.5) is 0 Å². The summed E-state index contributed by atoms with van der Waals surface area (Å²) in [7, 11) is 0. The van der Waals surface area contributed by atoms with Crippen molar-refractivity contribution in [1.82, 2.24) is 0 Å². The van der Waals surface area contributed by atoms with Crippen molar-refractivity contribution < 1.29 is 9.90 Å². The van der Waals surface area contributed by atoms with Crippen LogP contribution in [0, 0.1) is 0 Å². The number of hydrogen-bond acceptors (Lipinski definition) is 4. The summed E-state index contributed by atoms with van der Waals surface area (Å²) < 4.78 is 1.04. The highest BCUT2D eigenvalue weighted by atomic mass is 32.2. The normalized spacial score (nSPS) is 25.2. The van der Waals surface area contributed by atoms with Gasteiger partial charge in [-0.05, 0) is 31.1 Å². The van der Waals surface area contributed by atoms with Crippen LogP contribution in [0.3, 0.4) is 0 Å². The number of hydrogen-bond donors (Lipinski definition) is 1. The molecular weight excluding hydrogens is 228 g/mol. The Balaban J connectivity index is 2.88. The van der Waals surface area contributed by atoms with Crippen molar-refractivity contribution in [1.29, 1.82) is 0 Å². The zero-order valence-electron chi connectivity index (χ0n) is 8.86. The summed E-state index contributed by atoms with van der Waals surface area (Å²) in [6, 6.07) is 0. The van der Waals surface area contributed by atoms with Crippen LogP contribution in [0.1, 0.15) is 19.3 Å². The Morgan fingerprint density at radius 3 is 3.00 bits per heavy atom. The molecule has 15 heavy (non-hydrogen) atoms. The predicted octanol–water partition coefficient (Wildman–Crippen LogP) is 2.59. The number of thioether (sulfide) groups is 2. The van der Waals surface area contributed by atoms with E-state index < -0.39 is 6.10 Å². The molecule has 0 aromatic carbocycles. The maximum atomic E-state index is 10.3. The van der Waals surface area contributed by atoms with Gasteiger partial charge in [0.05, 0.1) is 11.9 Å². The van der Waals surface area contributed by atoms with Crippen molar-refractivity contribution in [2.75, 3.05) is 12.0 Å². The molecule has 0 bridgehead atoms. The van der Waals surface area contributed by atoms with Crippen LogP contribution in [-0.2, 0) is 4.79 Å². The molecule has 0 amide bonds. The van der Waals surface area contributed by atoms with Crippen molar-refractivity contribution in [2.24, 2.45) is 0 Å². The van der Waals surface area contributed by atoms with Gasteiger partial charge in [-0.1, -0.05) is 6.58 Å². The van der Waals surface area contributed by atoms with E-state index in [1.165, 1.54) is 11.8 Å². The second-order valence-corrected chi connectivity index (χ2v) is 5.50. The molecule has 0 spiro atoms. The van der Waals surface area contributed by atoms with Crippen LogP contribution in [-0.4, -0.2) is 29.5 Å². The van der Waals surface area contributed by atoms with E-state index in [1.54, 1.807) is 11.8 Å². The molecule has 0 saturated heterocycles. The highest BCUT2D eigenvalue weighted by Crippen LogP contribution is 2.38. The number of aliphatic hydroxyl groups excluding tert-OH is 1. The van der Waals surface area contributed by atoms with Crippen molar-refractivity contribution in [3.05, 3.63) is 22.0 Å². The molecule has 0 heterocycles. The van der Waals surface area contributed by atoms with Crippen LogP contribution in [0.5, 0.6) is 0 Å². The zero-order valence-corrected chi connectivity index (χ0v) is 10.5. The molecule has 0 radical (unpaired) electrons. The Kier molecular flexibility index (Phi) is 5.50. The minimum Gasteiger partial charge on any atom is -0.388 e. The smallest absolute Gasteiger partial charge is 0.130 e. The van der Waals surface area contributed by atoms with E-state index in [-0.39, 0.29) is 0 Å². The summed E-state index contributed by atoms with van der Waals surface area (Å²) in [4.78, 5) is 10.3. The third-order valence-corrected chi connectivity index (χ3v) is 4.59. The lowest BCUT2D eigenvalue weighted by atomic mass is 9.89. The number of aliphatic hydroxyl groups is 1. The number of carbonyl (C=O) groups is 1. The highest BCUT2D eigenvalue weighted by Gasteiger charge is 2.22. The molecule has 0 aromatic heterocycles. The first-order chi connectivity index (χ1) is 7.20. The van der Waals surface area contributed by atoms with Gasteiger partial charge in [0.2, 0.25) is 0 Å². The fraction of sp³-hybridized carbons (Fsp3) is 0.545. The molecule has 1 N–H and O–H groups in total. The predicted molar refractivity (Wildman–Crippen MR) is 68.1 cm³/mol. The molecule has 0 aromatic rings. The van der Waals surface area contributed by atoms with E-state index in [1.807, 2.05) is 6.26 Å². The molecule has 1 unspecified atom stereocenters. The van der Waals surface area contributed by atoms with Crippen LogP contribution in [0.2, 0.25) is 0 Å². The lowest BCUT2D eigenvalue weighted by Gasteiger charge is -2.25. The van der Waals surface area contributed by atoms with Gasteiger partial charge < -0.3 is 9.90 Å². The minimum absolute atomic E-state index is 0.396. The molecule has 1 aliphatic rings. The van der Waals surface area contributed by atoms with Gasteiger partial charge in [0.15, 0.2) is 0 Å². The van der Waals surface area contributed by atoms with Crippen LogP contribution < -0.4 is 0 Å². The summed E-state index contributed by atoms with van der Waals surface area (Å²) in [6.07, 6.45) is 5.23. The lowest BCUT2D eigenvalue weighted by molar-refractivity contribution is -0.105. The Morgan fingerprint density at radius 1 is 1.73 bits per heavy atom. The van der Waals surface area contributed by atoms with Crippen molar-refractivity contribution in [2.45, 2.75) is 25.4 Å². The summed E-state index contributed by atoms with van der Waals surface area (Å²) in [6.45, 7) is 3.99. The standard InChI is InChI=1S/C11H16O2S2/c1-8-4-3-5-9(13)10(8)11(14-2)15-7-6-12/h6,9,13H,1,3-5,7H2,2H3/b11-10+. The molecule has 0 aliphatic heterocycles. The maximum absolute atomic E-state index is 10.3. The molecule has 1 atom stereocenters. The number of aldehydes is 1. The molecule has 2 nitrogen and oxygen atoms in total. The molecule has 1 aliphatic carbocycles. The summed E-state index contributed by atoms with van der Waals surface area (Å²) in [5.74, 6) is 0.444. The average Bonchev–Trinajstić information content (AvgIpc) is 2.22. The molecular formula is C11H16O2S2. The molecule has 1 rings (SSSR count). The molecule has 4 heteroatoms. The highest BCUT2D eigenvalue weighted by molar-refractivity contribution is 8.22. The van der Waals surface area contributed by atoms with E-state index in [0.717, 1.165) is 40.9 Å². The Labute approximate surface area is 99.2 Å². The fourth-order valence-electron chi connectivity index (χ4n) is 1.66. The molecule has 84 valence electrons. The molecule has 1 saturated carbocycles. The average molecular weight is 244 g/mol. The Morgan fingerprint density at radius 2 is 2.47 bits per heavy atom. The lowest BCUT2D eigenvalue weighted by Crippen LogP contribution is -2.18. The van der Waals surface area contributed by atoms with Gasteiger partial charge in [0.25, 0.3) is 0 Å². The van der Waals surface area contributed by atoms with Crippen molar-refractivity contribution in [3.63, 3.8) is 0 Å². The van der Waals surface area contributed by atoms with E-state index in [4.69, 9.17) is 0 Å². The first-order valence-corrected chi connectivity index (χ1v) is 7.12. The third kappa shape index (κ3) is 3.40. The second-order valence-electron chi connectivity index (χ2n) is 3.39. The first kappa shape index (κ1) is 12.9. The zero-order chi connectivity index (χ0) is 11.3. The minimum atomic E-state index is -0.396. The van der Waals surface area contributed by atoms with Crippen LogP contribution in [0.25, 0.3) is 0 Å². The summed E-state index contributed by atoms with van der Waals surface area (Å²) >= 11 is 3.08. The number of carbonyl (C=O) groups excluding carboxylic acids is 1. The molecule has 1 fully saturated rings. The van der Waals surface area contributed by atoms with E-state index in [0.29, 0.717) is 5.75 Å². The van der Waals surface area contributed by atoms with Gasteiger partial charge in [-0.15, -0.1) is 23.5 Å². The fourth-order valence-corrected chi connectivity index (χ4v) is 3.49. The van der Waals surface area contributed by atoms with E-state index >= 15 is 0 Å². The van der Waals surface area contributed by atoms with E-state index in [9.17, 15) is 9.90 Å². The van der Waals surface area contributed by atoms with Crippen LogP contribution in [0.15, 0.2) is 22.0 Å². The quantitative estimate of drug-likeness (QED) is 0.771.